The molecular formula is C9H13N3S. The Morgan fingerprint density at radius 1 is 1.31 bits per heavy atom. The highest BCUT2D eigenvalue weighted by molar-refractivity contribution is 7.99. The van der Waals surface area contributed by atoms with E-state index in [1.165, 1.54) is 31.4 Å². The molecule has 0 radical (unpaired) electrons. The van der Waals surface area contributed by atoms with E-state index in [1.54, 1.807) is 0 Å². The molecule has 2 heterocycles. The summed E-state index contributed by atoms with van der Waals surface area (Å²) < 4.78 is 0. The third kappa shape index (κ3) is 1.47. The van der Waals surface area contributed by atoms with Crippen molar-refractivity contribution in [1.29, 1.82) is 0 Å². The van der Waals surface area contributed by atoms with Gasteiger partial charge in [0.2, 0.25) is 0 Å². The third-order valence-electron chi connectivity index (χ3n) is 2.70. The number of aromatic amines is 1. The topological polar surface area (TPSA) is 41.6 Å². The molecule has 1 saturated carbocycles. The minimum Gasteiger partial charge on any atom is -0.262 e. The van der Waals surface area contributed by atoms with Crippen molar-refractivity contribution in [3.8, 4) is 0 Å². The van der Waals surface area contributed by atoms with Gasteiger partial charge in [-0.1, -0.05) is 0 Å². The van der Waals surface area contributed by atoms with Gasteiger partial charge in [-0.3, -0.25) is 5.10 Å². The van der Waals surface area contributed by atoms with E-state index in [-0.39, 0.29) is 0 Å². The number of thioether (sulfide) groups is 1. The van der Waals surface area contributed by atoms with Gasteiger partial charge in [0.05, 0.1) is 5.25 Å². The van der Waals surface area contributed by atoms with E-state index in [9.17, 15) is 0 Å². The van der Waals surface area contributed by atoms with Crippen molar-refractivity contribution in [2.24, 2.45) is 0 Å². The fourth-order valence-electron chi connectivity index (χ4n) is 1.75. The zero-order valence-electron chi connectivity index (χ0n) is 7.49. The van der Waals surface area contributed by atoms with Crippen LogP contribution in [0.15, 0.2) is 0 Å². The summed E-state index contributed by atoms with van der Waals surface area (Å²) in [5.41, 5.74) is 0. The van der Waals surface area contributed by atoms with Crippen LogP contribution in [0.5, 0.6) is 0 Å². The molecule has 4 heteroatoms. The van der Waals surface area contributed by atoms with Gasteiger partial charge >= 0.3 is 0 Å². The van der Waals surface area contributed by atoms with Gasteiger partial charge in [0.15, 0.2) is 5.82 Å². The van der Waals surface area contributed by atoms with Gasteiger partial charge in [-0.25, -0.2) is 4.98 Å². The number of aromatic nitrogens is 3. The van der Waals surface area contributed by atoms with Crippen LogP contribution in [0.4, 0.5) is 0 Å². The van der Waals surface area contributed by atoms with Crippen molar-refractivity contribution < 1.29 is 0 Å². The van der Waals surface area contributed by atoms with Gasteiger partial charge < -0.3 is 0 Å². The van der Waals surface area contributed by atoms with Crippen LogP contribution in [-0.2, 0) is 0 Å². The van der Waals surface area contributed by atoms with Crippen LogP contribution in [0, 0.1) is 0 Å². The minimum absolute atomic E-state index is 0.597. The highest BCUT2D eigenvalue weighted by Gasteiger charge is 2.29. The van der Waals surface area contributed by atoms with Crippen molar-refractivity contribution in [2.45, 2.75) is 36.9 Å². The monoisotopic (exact) mass is 195 g/mol. The van der Waals surface area contributed by atoms with Crippen molar-refractivity contribution in [3.63, 3.8) is 0 Å². The highest BCUT2D eigenvalue weighted by atomic mass is 32.2. The summed E-state index contributed by atoms with van der Waals surface area (Å²) >= 11 is 2.01. The lowest BCUT2D eigenvalue weighted by atomic mass is 10.2. The van der Waals surface area contributed by atoms with E-state index < -0.39 is 0 Å². The first-order valence-electron chi connectivity index (χ1n) is 4.97. The van der Waals surface area contributed by atoms with Gasteiger partial charge in [0, 0.05) is 5.92 Å². The Morgan fingerprint density at radius 2 is 2.23 bits per heavy atom. The predicted octanol–water partition coefficient (Wildman–Crippen LogP) is 2.25. The zero-order valence-corrected chi connectivity index (χ0v) is 8.31. The molecule has 1 saturated heterocycles. The number of hydrogen-bond donors (Lipinski definition) is 1. The van der Waals surface area contributed by atoms with Gasteiger partial charge in [0.1, 0.15) is 5.82 Å². The average molecular weight is 195 g/mol. The molecule has 1 aromatic rings. The molecule has 2 aliphatic rings. The van der Waals surface area contributed by atoms with Gasteiger partial charge in [-0.15, -0.1) is 0 Å². The second kappa shape index (κ2) is 3.01. The second-order valence-corrected chi connectivity index (χ2v) is 5.17. The third-order valence-corrected chi connectivity index (χ3v) is 4.08. The summed E-state index contributed by atoms with van der Waals surface area (Å²) in [7, 11) is 0. The van der Waals surface area contributed by atoms with Crippen LogP contribution in [0.25, 0.3) is 0 Å². The Labute approximate surface area is 81.7 Å². The maximum absolute atomic E-state index is 4.57. The maximum atomic E-state index is 4.57. The molecule has 1 aromatic heterocycles. The summed E-state index contributed by atoms with van der Waals surface area (Å²) in [5, 5.41) is 7.96. The molecule has 0 spiro atoms. The normalized spacial score (nSPS) is 28.2. The first-order valence-corrected chi connectivity index (χ1v) is 6.02. The van der Waals surface area contributed by atoms with Crippen LogP contribution in [0.3, 0.4) is 0 Å². The first kappa shape index (κ1) is 7.85. The fraction of sp³-hybridized carbons (Fsp3) is 0.778. The van der Waals surface area contributed by atoms with E-state index in [2.05, 4.69) is 15.2 Å². The molecule has 13 heavy (non-hydrogen) atoms. The van der Waals surface area contributed by atoms with Crippen molar-refractivity contribution >= 4 is 11.8 Å². The molecule has 0 aromatic carbocycles. The molecule has 0 bridgehead atoms. The number of rotatable bonds is 2. The van der Waals surface area contributed by atoms with E-state index in [4.69, 9.17) is 0 Å². The Bertz CT molecular complexity index is 300. The summed E-state index contributed by atoms with van der Waals surface area (Å²) in [6.45, 7) is 0. The van der Waals surface area contributed by atoms with E-state index >= 15 is 0 Å². The lowest BCUT2D eigenvalue weighted by Crippen LogP contribution is -1.91. The van der Waals surface area contributed by atoms with E-state index in [0.29, 0.717) is 11.2 Å². The molecule has 3 nitrogen and oxygen atoms in total. The number of nitrogens with zero attached hydrogens (tertiary/aromatic N) is 2. The lowest BCUT2D eigenvalue weighted by Gasteiger charge is -2.01. The quantitative estimate of drug-likeness (QED) is 0.787. The molecule has 2 fully saturated rings. The SMILES string of the molecule is C1CSC(c2nc(C3CC3)n[nH]2)C1. The van der Waals surface area contributed by atoms with Gasteiger partial charge in [0.25, 0.3) is 0 Å². The van der Waals surface area contributed by atoms with Gasteiger partial charge in [-0.05, 0) is 31.4 Å². The number of nitrogens with one attached hydrogen (secondary N) is 1. The fourth-order valence-corrected chi connectivity index (χ4v) is 2.96. The van der Waals surface area contributed by atoms with E-state index in [1.807, 2.05) is 11.8 Å². The Hall–Kier alpha value is -0.510. The van der Waals surface area contributed by atoms with Crippen LogP contribution >= 0.6 is 11.8 Å². The van der Waals surface area contributed by atoms with Crippen LogP contribution in [0.2, 0.25) is 0 Å². The van der Waals surface area contributed by atoms with Crippen LogP contribution < -0.4 is 0 Å². The highest BCUT2D eigenvalue weighted by Crippen LogP contribution is 2.41. The Balaban J connectivity index is 1.79. The van der Waals surface area contributed by atoms with E-state index in [0.717, 1.165) is 11.6 Å². The minimum atomic E-state index is 0.597. The molecule has 0 amide bonds. The van der Waals surface area contributed by atoms with Gasteiger partial charge in [-0.2, -0.15) is 16.9 Å². The van der Waals surface area contributed by atoms with Crippen LogP contribution in [-0.4, -0.2) is 20.9 Å². The summed E-state index contributed by atoms with van der Waals surface area (Å²) in [6.07, 6.45) is 5.17. The molecule has 70 valence electrons. The molecule has 1 aliphatic carbocycles. The summed E-state index contributed by atoms with van der Waals surface area (Å²) in [5.74, 6) is 4.13. The molecule has 1 atom stereocenters. The zero-order chi connectivity index (χ0) is 8.67. The van der Waals surface area contributed by atoms with Crippen LogP contribution in [0.1, 0.15) is 48.5 Å². The predicted molar refractivity (Wildman–Crippen MR) is 52.8 cm³/mol. The molecule has 1 aliphatic heterocycles. The molecule has 1 N–H and O–H groups in total. The standard InChI is InChI=1S/C9H13N3S/c1-2-7(13-5-1)9-10-8(11-12-9)6-3-4-6/h6-7H,1-5H2,(H,10,11,12). The molecule has 1 unspecified atom stereocenters. The largest absolute Gasteiger partial charge is 0.262 e. The maximum Gasteiger partial charge on any atom is 0.153 e. The first-order chi connectivity index (χ1) is 6.43. The van der Waals surface area contributed by atoms with Crippen molar-refractivity contribution in [1.82, 2.24) is 15.2 Å². The molecule has 3 rings (SSSR count). The Morgan fingerprint density at radius 3 is 2.92 bits per heavy atom. The summed E-state index contributed by atoms with van der Waals surface area (Å²) in [4.78, 5) is 4.57. The number of H-pyrrole nitrogens is 1. The number of hydrogen-bond acceptors (Lipinski definition) is 3. The van der Waals surface area contributed by atoms with Crippen molar-refractivity contribution in [2.75, 3.05) is 5.75 Å². The van der Waals surface area contributed by atoms with Crippen molar-refractivity contribution in [3.05, 3.63) is 11.6 Å². The summed E-state index contributed by atoms with van der Waals surface area (Å²) in [6, 6.07) is 0. The average Bonchev–Trinajstić information content (AvgIpc) is 2.72. The second-order valence-electron chi connectivity index (χ2n) is 3.85. The molecular weight excluding hydrogens is 182 g/mol. The smallest absolute Gasteiger partial charge is 0.153 e. The lowest BCUT2D eigenvalue weighted by molar-refractivity contribution is 0.781. The Kier molecular flexibility index (Phi) is 1.82.